The Labute approximate surface area is 100 Å². The molecular formula is C14H16FNO. The van der Waals surface area contributed by atoms with E-state index in [0.29, 0.717) is 6.54 Å². The third-order valence-electron chi connectivity index (χ3n) is 3.10. The lowest BCUT2D eigenvalue weighted by molar-refractivity contribution is 0.281. The van der Waals surface area contributed by atoms with Gasteiger partial charge in [-0.25, -0.2) is 4.39 Å². The summed E-state index contributed by atoms with van der Waals surface area (Å²) >= 11 is 0. The van der Waals surface area contributed by atoms with Crippen LogP contribution in [-0.2, 0) is 13.2 Å². The van der Waals surface area contributed by atoms with E-state index in [4.69, 9.17) is 0 Å². The summed E-state index contributed by atoms with van der Waals surface area (Å²) in [5, 5.41) is 9.20. The zero-order chi connectivity index (χ0) is 12.4. The molecule has 0 amide bonds. The Morgan fingerprint density at radius 2 is 1.82 bits per heavy atom. The highest BCUT2D eigenvalue weighted by Crippen LogP contribution is 2.17. The van der Waals surface area contributed by atoms with E-state index in [1.165, 1.54) is 12.1 Å². The first-order chi connectivity index (χ1) is 8.11. The Morgan fingerprint density at radius 3 is 2.35 bits per heavy atom. The first-order valence-corrected chi connectivity index (χ1v) is 5.62. The van der Waals surface area contributed by atoms with E-state index in [1.54, 1.807) is 12.1 Å². The zero-order valence-electron chi connectivity index (χ0n) is 10.1. The van der Waals surface area contributed by atoms with Gasteiger partial charge in [0.1, 0.15) is 5.82 Å². The predicted octanol–water partition coefficient (Wildman–Crippen LogP) is 2.78. The fourth-order valence-corrected chi connectivity index (χ4v) is 2.05. The molecule has 2 rings (SSSR count). The Hall–Kier alpha value is -1.61. The summed E-state index contributed by atoms with van der Waals surface area (Å²) < 4.78 is 14.9. The molecule has 2 aromatic rings. The molecule has 1 aromatic carbocycles. The molecule has 90 valence electrons. The number of nitrogens with zero attached hydrogens (tertiary/aromatic N) is 1. The number of aliphatic hydroxyl groups is 1. The lowest BCUT2D eigenvalue weighted by Crippen LogP contribution is -2.04. The topological polar surface area (TPSA) is 25.2 Å². The van der Waals surface area contributed by atoms with Crippen LogP contribution in [0.2, 0.25) is 0 Å². The minimum absolute atomic E-state index is 0.0586. The highest BCUT2D eigenvalue weighted by molar-refractivity contribution is 5.28. The van der Waals surface area contributed by atoms with Crippen molar-refractivity contribution in [3.63, 3.8) is 0 Å². The van der Waals surface area contributed by atoms with E-state index in [0.717, 1.165) is 22.5 Å². The third-order valence-corrected chi connectivity index (χ3v) is 3.10. The molecule has 0 spiro atoms. The van der Waals surface area contributed by atoms with E-state index in [-0.39, 0.29) is 12.4 Å². The van der Waals surface area contributed by atoms with Gasteiger partial charge in [-0.1, -0.05) is 12.1 Å². The summed E-state index contributed by atoms with van der Waals surface area (Å²) in [6.07, 6.45) is 0. The van der Waals surface area contributed by atoms with Gasteiger partial charge in [-0.15, -0.1) is 0 Å². The van der Waals surface area contributed by atoms with Crippen LogP contribution in [0.25, 0.3) is 0 Å². The standard InChI is InChI=1S/C14H16FNO/c1-10-7-13(9-17)11(2)16(10)8-12-3-5-14(15)6-4-12/h3-7,17H,8-9H2,1-2H3. The first-order valence-electron chi connectivity index (χ1n) is 5.62. The molecule has 0 aliphatic rings. The molecule has 0 aliphatic heterocycles. The second-order valence-electron chi connectivity index (χ2n) is 4.27. The molecular weight excluding hydrogens is 217 g/mol. The van der Waals surface area contributed by atoms with Crippen LogP contribution in [0.4, 0.5) is 4.39 Å². The zero-order valence-corrected chi connectivity index (χ0v) is 10.1. The van der Waals surface area contributed by atoms with Crippen molar-refractivity contribution in [2.45, 2.75) is 27.0 Å². The van der Waals surface area contributed by atoms with Gasteiger partial charge in [0.25, 0.3) is 0 Å². The van der Waals surface area contributed by atoms with Crippen molar-refractivity contribution in [3.8, 4) is 0 Å². The van der Waals surface area contributed by atoms with Crippen LogP contribution in [0.5, 0.6) is 0 Å². The van der Waals surface area contributed by atoms with Crippen LogP contribution in [-0.4, -0.2) is 9.67 Å². The van der Waals surface area contributed by atoms with Gasteiger partial charge in [-0.3, -0.25) is 0 Å². The van der Waals surface area contributed by atoms with Gasteiger partial charge in [-0.2, -0.15) is 0 Å². The summed E-state index contributed by atoms with van der Waals surface area (Å²) in [6.45, 7) is 4.76. The molecule has 17 heavy (non-hydrogen) atoms. The summed E-state index contributed by atoms with van der Waals surface area (Å²) in [5.74, 6) is -0.217. The number of aliphatic hydroxyl groups excluding tert-OH is 1. The average molecular weight is 233 g/mol. The van der Waals surface area contributed by atoms with E-state index in [9.17, 15) is 9.50 Å². The molecule has 1 heterocycles. The average Bonchev–Trinajstić information content (AvgIpc) is 2.59. The predicted molar refractivity (Wildman–Crippen MR) is 65.3 cm³/mol. The molecule has 0 saturated heterocycles. The van der Waals surface area contributed by atoms with Gasteiger partial charge in [0.15, 0.2) is 0 Å². The van der Waals surface area contributed by atoms with E-state index in [2.05, 4.69) is 4.57 Å². The molecule has 1 N–H and O–H groups in total. The van der Waals surface area contributed by atoms with E-state index >= 15 is 0 Å². The number of halogens is 1. The molecule has 0 atom stereocenters. The molecule has 0 unspecified atom stereocenters. The first kappa shape index (κ1) is 11.9. The van der Waals surface area contributed by atoms with Gasteiger partial charge in [0.05, 0.1) is 6.61 Å². The number of aryl methyl sites for hydroxylation is 1. The summed E-state index contributed by atoms with van der Waals surface area (Å²) in [6, 6.07) is 8.49. The van der Waals surface area contributed by atoms with Gasteiger partial charge in [-0.05, 0) is 43.2 Å². The molecule has 0 saturated carbocycles. The Kier molecular flexibility index (Phi) is 3.29. The van der Waals surface area contributed by atoms with Gasteiger partial charge in [0.2, 0.25) is 0 Å². The number of rotatable bonds is 3. The molecule has 1 aromatic heterocycles. The number of aromatic nitrogens is 1. The Bertz CT molecular complexity index is 514. The summed E-state index contributed by atoms with van der Waals surface area (Å²) in [4.78, 5) is 0. The van der Waals surface area contributed by atoms with E-state index < -0.39 is 0 Å². The number of hydrogen-bond donors (Lipinski definition) is 1. The van der Waals surface area contributed by atoms with Crippen LogP contribution in [0.15, 0.2) is 30.3 Å². The SMILES string of the molecule is Cc1cc(CO)c(C)n1Cc1ccc(F)cc1. The second kappa shape index (κ2) is 4.72. The molecule has 0 bridgehead atoms. The van der Waals surface area contributed by atoms with Crippen LogP contribution in [0.1, 0.15) is 22.5 Å². The van der Waals surface area contributed by atoms with Crippen molar-refractivity contribution < 1.29 is 9.50 Å². The molecule has 0 fully saturated rings. The van der Waals surface area contributed by atoms with Crippen molar-refractivity contribution in [1.82, 2.24) is 4.57 Å². The quantitative estimate of drug-likeness (QED) is 0.866. The fourth-order valence-electron chi connectivity index (χ4n) is 2.05. The Balaban J connectivity index is 2.29. The maximum Gasteiger partial charge on any atom is 0.123 e. The van der Waals surface area contributed by atoms with Gasteiger partial charge < -0.3 is 9.67 Å². The molecule has 2 nitrogen and oxygen atoms in total. The normalized spacial score (nSPS) is 10.8. The van der Waals surface area contributed by atoms with Gasteiger partial charge >= 0.3 is 0 Å². The number of benzene rings is 1. The Morgan fingerprint density at radius 1 is 1.18 bits per heavy atom. The van der Waals surface area contributed by atoms with Crippen molar-refractivity contribution >= 4 is 0 Å². The maximum atomic E-state index is 12.8. The monoisotopic (exact) mass is 233 g/mol. The second-order valence-corrected chi connectivity index (χ2v) is 4.27. The van der Waals surface area contributed by atoms with Crippen LogP contribution >= 0.6 is 0 Å². The minimum Gasteiger partial charge on any atom is -0.392 e. The lowest BCUT2D eigenvalue weighted by Gasteiger charge is -2.09. The third kappa shape index (κ3) is 2.39. The largest absolute Gasteiger partial charge is 0.392 e. The van der Waals surface area contributed by atoms with Crippen molar-refractivity contribution in [1.29, 1.82) is 0 Å². The van der Waals surface area contributed by atoms with Crippen LogP contribution < -0.4 is 0 Å². The minimum atomic E-state index is -0.217. The molecule has 0 radical (unpaired) electrons. The fraction of sp³-hybridized carbons (Fsp3) is 0.286. The number of hydrogen-bond acceptors (Lipinski definition) is 1. The smallest absolute Gasteiger partial charge is 0.123 e. The molecule has 3 heteroatoms. The maximum absolute atomic E-state index is 12.8. The molecule has 0 aliphatic carbocycles. The van der Waals surface area contributed by atoms with Crippen LogP contribution in [0, 0.1) is 19.7 Å². The highest BCUT2D eigenvalue weighted by Gasteiger charge is 2.08. The lowest BCUT2D eigenvalue weighted by atomic mass is 10.2. The van der Waals surface area contributed by atoms with Crippen molar-refractivity contribution in [2.24, 2.45) is 0 Å². The van der Waals surface area contributed by atoms with Crippen LogP contribution in [0.3, 0.4) is 0 Å². The van der Waals surface area contributed by atoms with Gasteiger partial charge in [0, 0.05) is 17.9 Å². The summed E-state index contributed by atoms with van der Waals surface area (Å²) in [5.41, 5.74) is 4.17. The highest BCUT2D eigenvalue weighted by atomic mass is 19.1. The van der Waals surface area contributed by atoms with Crippen molar-refractivity contribution in [3.05, 3.63) is 58.7 Å². The van der Waals surface area contributed by atoms with E-state index in [1.807, 2.05) is 19.9 Å². The van der Waals surface area contributed by atoms with Crippen molar-refractivity contribution in [2.75, 3.05) is 0 Å². The summed E-state index contributed by atoms with van der Waals surface area (Å²) in [7, 11) is 0.